The molecule has 6 nitrogen and oxygen atoms in total. The van der Waals surface area contributed by atoms with Crippen LogP contribution in [0.15, 0.2) is 12.1 Å². The van der Waals surface area contributed by atoms with Gasteiger partial charge in [0.1, 0.15) is 5.82 Å². The van der Waals surface area contributed by atoms with E-state index in [0.29, 0.717) is 11.5 Å². The summed E-state index contributed by atoms with van der Waals surface area (Å²) < 4.78 is 1.41. The molecule has 0 bridgehead atoms. The maximum Gasteiger partial charge on any atom is 0.200 e. The zero-order valence-corrected chi connectivity index (χ0v) is 11.5. The lowest BCUT2D eigenvalue weighted by Crippen LogP contribution is -2.34. The van der Waals surface area contributed by atoms with E-state index in [2.05, 4.69) is 46.7 Å². The second-order valence-corrected chi connectivity index (χ2v) is 5.66. The van der Waals surface area contributed by atoms with Gasteiger partial charge in [-0.05, 0) is 34.4 Å². The number of anilines is 1. The molecule has 1 unspecified atom stereocenters. The van der Waals surface area contributed by atoms with Gasteiger partial charge in [0.2, 0.25) is 0 Å². The van der Waals surface area contributed by atoms with Crippen molar-refractivity contribution < 1.29 is 0 Å². The molecule has 2 rings (SSSR count). The third-order valence-electron chi connectivity index (χ3n) is 2.83. The van der Waals surface area contributed by atoms with Crippen LogP contribution in [0.1, 0.15) is 27.2 Å². The highest BCUT2D eigenvalue weighted by molar-refractivity contribution is 6.17. The Morgan fingerprint density at radius 1 is 1.39 bits per heavy atom. The van der Waals surface area contributed by atoms with E-state index in [1.54, 1.807) is 0 Å². The largest absolute Gasteiger partial charge is 0.365 e. The Bertz CT molecular complexity index is 517. The number of rotatable bonds is 4. The van der Waals surface area contributed by atoms with Crippen molar-refractivity contribution in [3.05, 3.63) is 12.1 Å². The number of hydrogen-bond acceptors (Lipinski definition) is 5. The van der Waals surface area contributed by atoms with Gasteiger partial charge in [-0.2, -0.15) is 0 Å². The predicted octanol–water partition coefficient (Wildman–Crippen LogP) is 1.97. The van der Waals surface area contributed by atoms with Crippen LogP contribution < -0.4 is 5.32 Å². The summed E-state index contributed by atoms with van der Waals surface area (Å²) in [6.45, 7) is 6.52. The van der Waals surface area contributed by atoms with E-state index in [1.165, 1.54) is 4.63 Å². The lowest BCUT2D eigenvalue weighted by atomic mass is 9.85. The molecule has 98 valence electrons. The fraction of sp³-hybridized carbons (Fsp3) is 0.636. The van der Waals surface area contributed by atoms with Gasteiger partial charge in [0.15, 0.2) is 5.65 Å². The number of alkyl halides is 1. The zero-order valence-electron chi connectivity index (χ0n) is 10.8. The standard InChI is InChI=1S/C11H17ClN6/c1-11(2,3)8(6-7-12)13-9-4-5-10-14-16-17-18(10)15-9/h4-5,8H,6-7H2,1-3H3,(H,13,15). The molecule has 2 aromatic rings. The van der Waals surface area contributed by atoms with Gasteiger partial charge in [-0.25, -0.2) is 0 Å². The van der Waals surface area contributed by atoms with Crippen molar-refractivity contribution in [2.45, 2.75) is 33.2 Å². The Kier molecular flexibility index (Phi) is 3.65. The summed E-state index contributed by atoms with van der Waals surface area (Å²) in [7, 11) is 0. The van der Waals surface area contributed by atoms with Gasteiger partial charge in [-0.1, -0.05) is 20.8 Å². The van der Waals surface area contributed by atoms with E-state index >= 15 is 0 Å². The smallest absolute Gasteiger partial charge is 0.200 e. The zero-order chi connectivity index (χ0) is 13.2. The van der Waals surface area contributed by atoms with Gasteiger partial charge in [-0.3, -0.25) is 0 Å². The van der Waals surface area contributed by atoms with E-state index in [1.807, 2.05) is 12.1 Å². The van der Waals surface area contributed by atoms with Crippen molar-refractivity contribution in [2.24, 2.45) is 5.41 Å². The lowest BCUT2D eigenvalue weighted by Gasteiger charge is -2.31. The van der Waals surface area contributed by atoms with Crippen LogP contribution in [0.25, 0.3) is 5.65 Å². The molecule has 0 aromatic carbocycles. The van der Waals surface area contributed by atoms with Gasteiger partial charge in [0, 0.05) is 11.9 Å². The average molecular weight is 269 g/mol. The highest BCUT2D eigenvalue weighted by Crippen LogP contribution is 2.25. The molecule has 1 atom stereocenters. The van der Waals surface area contributed by atoms with Gasteiger partial charge in [0.25, 0.3) is 0 Å². The lowest BCUT2D eigenvalue weighted by molar-refractivity contribution is 0.333. The van der Waals surface area contributed by atoms with Crippen molar-refractivity contribution in [1.29, 1.82) is 0 Å². The summed E-state index contributed by atoms with van der Waals surface area (Å²) in [4.78, 5) is 0. The van der Waals surface area contributed by atoms with Gasteiger partial charge >= 0.3 is 0 Å². The third kappa shape index (κ3) is 2.87. The minimum atomic E-state index is 0.103. The first-order chi connectivity index (χ1) is 8.50. The maximum absolute atomic E-state index is 5.85. The van der Waals surface area contributed by atoms with Gasteiger partial charge in [0.05, 0.1) is 0 Å². The van der Waals surface area contributed by atoms with Gasteiger partial charge in [-0.15, -0.1) is 26.4 Å². The number of fused-ring (bicyclic) bond motifs is 1. The SMILES string of the molecule is CC(C)(C)C(CCCl)Nc1ccc2nnnn2n1. The number of tetrazole rings is 1. The third-order valence-corrected chi connectivity index (χ3v) is 3.05. The first kappa shape index (κ1) is 13.0. The predicted molar refractivity (Wildman–Crippen MR) is 70.8 cm³/mol. The van der Waals surface area contributed by atoms with Crippen molar-refractivity contribution in [3.63, 3.8) is 0 Å². The molecule has 0 aliphatic rings. The highest BCUT2D eigenvalue weighted by Gasteiger charge is 2.24. The van der Waals surface area contributed by atoms with Crippen LogP contribution >= 0.6 is 11.6 Å². The summed E-state index contributed by atoms with van der Waals surface area (Å²) in [6, 6.07) is 3.95. The van der Waals surface area contributed by atoms with Crippen LogP contribution in [0.4, 0.5) is 5.82 Å². The van der Waals surface area contributed by atoms with Crippen molar-refractivity contribution >= 4 is 23.1 Å². The Labute approximate surface area is 111 Å². The summed E-state index contributed by atoms with van der Waals surface area (Å²) >= 11 is 5.85. The summed E-state index contributed by atoms with van der Waals surface area (Å²) in [5.74, 6) is 1.36. The molecule has 0 spiro atoms. The molecular weight excluding hydrogens is 252 g/mol. The molecule has 2 heterocycles. The highest BCUT2D eigenvalue weighted by atomic mass is 35.5. The quantitative estimate of drug-likeness (QED) is 0.859. The number of nitrogens with one attached hydrogen (secondary N) is 1. The van der Waals surface area contributed by atoms with E-state index in [0.717, 1.165) is 12.2 Å². The molecule has 0 saturated carbocycles. The monoisotopic (exact) mass is 268 g/mol. The van der Waals surface area contributed by atoms with Gasteiger partial charge < -0.3 is 5.32 Å². The van der Waals surface area contributed by atoms with E-state index in [9.17, 15) is 0 Å². The minimum absolute atomic E-state index is 0.103. The fourth-order valence-electron chi connectivity index (χ4n) is 1.74. The molecule has 0 radical (unpaired) electrons. The average Bonchev–Trinajstić information content (AvgIpc) is 2.74. The van der Waals surface area contributed by atoms with Crippen LogP contribution in [0.3, 0.4) is 0 Å². The molecule has 18 heavy (non-hydrogen) atoms. The topological polar surface area (TPSA) is 68.0 Å². The van der Waals surface area contributed by atoms with Crippen LogP contribution in [-0.4, -0.2) is 37.2 Å². The summed E-state index contributed by atoms with van der Waals surface area (Å²) in [6.07, 6.45) is 0.875. The van der Waals surface area contributed by atoms with Crippen LogP contribution in [0, 0.1) is 5.41 Å². The Morgan fingerprint density at radius 3 is 2.83 bits per heavy atom. The number of halogens is 1. The number of nitrogens with zero attached hydrogens (tertiary/aromatic N) is 5. The molecule has 2 aromatic heterocycles. The molecule has 0 amide bonds. The van der Waals surface area contributed by atoms with Crippen LogP contribution in [-0.2, 0) is 0 Å². The van der Waals surface area contributed by atoms with Crippen LogP contribution in [0.2, 0.25) is 0 Å². The summed E-state index contributed by atoms with van der Waals surface area (Å²) in [5, 5.41) is 18.8. The summed E-state index contributed by atoms with van der Waals surface area (Å²) in [5.41, 5.74) is 0.733. The molecule has 0 saturated heterocycles. The fourth-order valence-corrected chi connectivity index (χ4v) is 1.95. The second-order valence-electron chi connectivity index (χ2n) is 5.29. The first-order valence-corrected chi connectivity index (χ1v) is 6.42. The molecule has 0 fully saturated rings. The van der Waals surface area contributed by atoms with E-state index < -0.39 is 0 Å². The van der Waals surface area contributed by atoms with Crippen LogP contribution in [0.5, 0.6) is 0 Å². The van der Waals surface area contributed by atoms with Crippen molar-refractivity contribution in [1.82, 2.24) is 25.3 Å². The number of aromatic nitrogens is 5. The van der Waals surface area contributed by atoms with Crippen molar-refractivity contribution in [3.8, 4) is 0 Å². The van der Waals surface area contributed by atoms with E-state index in [4.69, 9.17) is 11.6 Å². The Balaban J connectivity index is 2.19. The molecule has 0 aliphatic heterocycles. The normalized spacial score (nSPS) is 13.8. The molecular formula is C11H17ClN6. The second kappa shape index (κ2) is 5.06. The molecule has 7 heteroatoms. The number of hydrogen-bond donors (Lipinski definition) is 1. The maximum atomic E-state index is 5.85. The van der Waals surface area contributed by atoms with E-state index in [-0.39, 0.29) is 11.5 Å². The Hall–Kier alpha value is -1.43. The molecule has 1 N–H and O–H groups in total. The Morgan fingerprint density at radius 2 is 2.17 bits per heavy atom. The first-order valence-electron chi connectivity index (χ1n) is 5.88. The molecule has 0 aliphatic carbocycles. The van der Waals surface area contributed by atoms with Crippen molar-refractivity contribution in [2.75, 3.05) is 11.2 Å². The minimum Gasteiger partial charge on any atom is -0.365 e.